The molecule has 248 valence electrons. The van der Waals surface area contributed by atoms with E-state index < -0.39 is 69.7 Å². The lowest BCUT2D eigenvalue weighted by Crippen LogP contribution is -2.33. The Kier molecular flexibility index (Phi) is 9.11. The Hall–Kier alpha value is -4.60. The minimum Gasteiger partial charge on any atom is -0.483 e. The van der Waals surface area contributed by atoms with Crippen LogP contribution in [0.15, 0.2) is 76.6 Å². The second-order valence-corrected chi connectivity index (χ2v) is 13.2. The summed E-state index contributed by atoms with van der Waals surface area (Å²) in [5.74, 6) is -5.02. The fraction of sp³-hybridized carbons (Fsp3) is 0.219. The number of imide groups is 1. The first-order chi connectivity index (χ1) is 22.9. The van der Waals surface area contributed by atoms with Gasteiger partial charge in [-0.2, -0.15) is 13.2 Å². The summed E-state index contributed by atoms with van der Waals surface area (Å²) in [6.07, 6.45) is -4.85. The monoisotopic (exact) mass is 717 g/mol. The summed E-state index contributed by atoms with van der Waals surface area (Å²) in [6, 6.07) is 14.7. The van der Waals surface area contributed by atoms with Crippen LogP contribution in [0.4, 0.5) is 24.5 Å². The van der Waals surface area contributed by atoms with Crippen molar-refractivity contribution in [1.82, 2.24) is 4.98 Å². The zero-order valence-electron chi connectivity index (χ0n) is 24.6. The molecule has 0 aliphatic carbocycles. The molecule has 1 fully saturated rings. The molecule has 2 unspecified atom stereocenters. The van der Waals surface area contributed by atoms with Gasteiger partial charge in [0.15, 0.2) is 6.61 Å². The van der Waals surface area contributed by atoms with Crippen molar-refractivity contribution < 1.29 is 41.8 Å². The number of alkyl halides is 3. The fourth-order valence-electron chi connectivity index (χ4n) is 5.64. The van der Waals surface area contributed by atoms with E-state index in [1.165, 1.54) is 48.5 Å². The number of esters is 1. The van der Waals surface area contributed by atoms with Crippen molar-refractivity contribution in [1.29, 1.82) is 0 Å². The third-order valence-corrected chi connectivity index (χ3v) is 10.3. The number of nitrogens with one attached hydrogen (secondary N) is 2. The maximum absolute atomic E-state index is 14.1. The summed E-state index contributed by atoms with van der Waals surface area (Å²) >= 11 is 8.06. The maximum Gasteiger partial charge on any atom is 0.418 e. The molecule has 3 heterocycles. The normalized spacial score (nSPS) is 18.7. The van der Waals surface area contributed by atoms with Crippen LogP contribution in [0.25, 0.3) is 0 Å². The molecule has 0 bridgehead atoms. The molecule has 0 radical (unpaired) electrons. The van der Waals surface area contributed by atoms with Crippen LogP contribution in [-0.2, 0) is 25.3 Å². The first-order valence-corrected chi connectivity index (χ1v) is 16.4. The average Bonchev–Trinajstić information content (AvgIpc) is 3.54. The largest absolute Gasteiger partial charge is 0.483 e. The number of H-pyrrole nitrogens is 1. The van der Waals surface area contributed by atoms with E-state index in [9.17, 15) is 37.1 Å². The van der Waals surface area contributed by atoms with Crippen molar-refractivity contribution in [3.8, 4) is 5.75 Å². The number of aromatic amines is 1. The van der Waals surface area contributed by atoms with Crippen molar-refractivity contribution in [3.63, 3.8) is 0 Å². The van der Waals surface area contributed by atoms with Gasteiger partial charge in [0, 0.05) is 27.1 Å². The third kappa shape index (κ3) is 6.32. The summed E-state index contributed by atoms with van der Waals surface area (Å²) in [4.78, 5) is 68.2. The predicted octanol–water partition coefficient (Wildman–Crippen LogP) is 6.10. The lowest BCUT2D eigenvalue weighted by Gasteiger charge is -2.31. The Morgan fingerprint density at radius 3 is 2.46 bits per heavy atom. The second-order valence-electron chi connectivity index (χ2n) is 10.6. The number of thiazole rings is 1. The number of fused-ring (bicyclic) bond motifs is 2. The van der Waals surface area contributed by atoms with Crippen LogP contribution in [0.5, 0.6) is 5.75 Å². The highest BCUT2D eigenvalue weighted by Gasteiger charge is 2.57. The standard InChI is InChI=1S/C32H23ClF3N3O7S2/c1-2-45-30(43)15-7-10-17(11-8-15)37-22(40)14-46-21-12-9-16(33)13-18(21)23-24-26(47-27-25(23)48-31(44)38-27)29(42)39(28(24)41)20-6-4-3-5-19(20)32(34,35)36/h3-13,23-24,26H,2,14H2,1H3,(H,37,40)(H,38,44)/t23-,24?,26?/m1/s1. The van der Waals surface area contributed by atoms with Gasteiger partial charge in [0.2, 0.25) is 11.8 Å². The minimum atomic E-state index is -4.85. The van der Waals surface area contributed by atoms with Gasteiger partial charge in [-0.25, -0.2) is 9.69 Å². The summed E-state index contributed by atoms with van der Waals surface area (Å²) in [6.45, 7) is 1.37. The Balaban J connectivity index is 1.31. The summed E-state index contributed by atoms with van der Waals surface area (Å²) < 4.78 is 52.7. The van der Waals surface area contributed by atoms with Gasteiger partial charge in [-0.1, -0.05) is 46.8 Å². The number of anilines is 2. The molecule has 3 amide bonds. The fourth-order valence-corrected chi connectivity index (χ4v) is 8.32. The quantitative estimate of drug-likeness (QED) is 0.165. The number of hydrogen-bond donors (Lipinski definition) is 2. The molecule has 2 N–H and O–H groups in total. The van der Waals surface area contributed by atoms with E-state index in [0.717, 1.165) is 41.3 Å². The number of rotatable bonds is 8. The number of amides is 3. The summed E-state index contributed by atoms with van der Waals surface area (Å²) in [7, 11) is 0. The molecular weight excluding hydrogens is 695 g/mol. The highest BCUT2D eigenvalue weighted by molar-refractivity contribution is 8.00. The molecule has 2 aliphatic heterocycles. The first-order valence-electron chi connectivity index (χ1n) is 14.3. The minimum absolute atomic E-state index is 0.101. The molecule has 3 atom stereocenters. The van der Waals surface area contributed by atoms with Gasteiger partial charge in [0.25, 0.3) is 5.91 Å². The summed E-state index contributed by atoms with van der Waals surface area (Å²) in [5, 5.41) is 1.96. The number of benzene rings is 3. The predicted molar refractivity (Wildman–Crippen MR) is 172 cm³/mol. The Morgan fingerprint density at radius 2 is 1.75 bits per heavy atom. The summed E-state index contributed by atoms with van der Waals surface area (Å²) in [5.41, 5.74) is -0.819. The number of nitrogens with zero attached hydrogens (tertiary/aromatic N) is 1. The Bertz CT molecular complexity index is 2000. The average molecular weight is 718 g/mol. The zero-order valence-corrected chi connectivity index (χ0v) is 27.0. The van der Waals surface area contributed by atoms with Gasteiger partial charge in [-0.15, -0.1) is 0 Å². The third-order valence-electron chi connectivity index (χ3n) is 7.62. The van der Waals surface area contributed by atoms with E-state index in [1.54, 1.807) is 6.92 Å². The molecule has 4 aromatic rings. The molecule has 2 aliphatic rings. The van der Waals surface area contributed by atoms with E-state index in [-0.39, 0.29) is 22.9 Å². The van der Waals surface area contributed by atoms with E-state index in [4.69, 9.17) is 21.1 Å². The second kappa shape index (κ2) is 13.1. The zero-order chi connectivity index (χ0) is 34.3. The van der Waals surface area contributed by atoms with E-state index in [1.807, 2.05) is 0 Å². The van der Waals surface area contributed by atoms with Crippen molar-refractivity contribution >= 4 is 69.8 Å². The van der Waals surface area contributed by atoms with Gasteiger partial charge in [-0.05, 0) is 61.5 Å². The van der Waals surface area contributed by atoms with E-state index in [2.05, 4.69) is 10.3 Å². The molecule has 3 aromatic carbocycles. The number of carbonyl (C=O) groups excluding carboxylic acids is 4. The number of ether oxygens (including phenoxy) is 2. The first kappa shape index (κ1) is 33.3. The van der Waals surface area contributed by atoms with Crippen LogP contribution < -0.4 is 19.8 Å². The van der Waals surface area contributed by atoms with Crippen molar-refractivity contribution in [2.45, 2.75) is 29.3 Å². The lowest BCUT2D eigenvalue weighted by atomic mass is 9.82. The topological polar surface area (TPSA) is 135 Å². The number of aromatic nitrogens is 1. The molecule has 1 aromatic heterocycles. The van der Waals surface area contributed by atoms with Crippen LogP contribution in [-0.4, -0.2) is 47.1 Å². The molecule has 1 saturated heterocycles. The van der Waals surface area contributed by atoms with E-state index >= 15 is 0 Å². The molecular formula is C32H23ClF3N3O7S2. The van der Waals surface area contributed by atoms with Gasteiger partial charge >= 0.3 is 17.0 Å². The number of thioether (sulfide) groups is 1. The highest BCUT2D eigenvalue weighted by atomic mass is 35.5. The molecule has 16 heteroatoms. The molecule has 48 heavy (non-hydrogen) atoms. The highest BCUT2D eigenvalue weighted by Crippen LogP contribution is 2.55. The smallest absolute Gasteiger partial charge is 0.418 e. The number of hydrogen-bond acceptors (Lipinski definition) is 9. The van der Waals surface area contributed by atoms with Gasteiger partial charge in [-0.3, -0.25) is 19.2 Å². The number of para-hydroxylation sites is 1. The van der Waals surface area contributed by atoms with Crippen LogP contribution in [0.2, 0.25) is 5.02 Å². The van der Waals surface area contributed by atoms with Crippen molar-refractivity contribution in [2.75, 3.05) is 23.4 Å². The Morgan fingerprint density at radius 1 is 1.02 bits per heavy atom. The molecule has 6 rings (SSSR count). The number of carbonyl (C=O) groups is 4. The molecule has 0 saturated carbocycles. The SMILES string of the molecule is CCOC(=O)c1ccc(NC(=O)COc2ccc(Cl)cc2[C@H]2c3sc(=O)[nH]c3SC3C(=O)N(c4ccccc4C(F)(F)F)C(=O)C32)cc1. The van der Waals surface area contributed by atoms with Gasteiger partial charge in [0.05, 0.1) is 34.4 Å². The Labute approximate surface area is 283 Å². The number of halogens is 4. The van der Waals surface area contributed by atoms with Crippen LogP contribution in [0.3, 0.4) is 0 Å². The lowest BCUT2D eigenvalue weighted by molar-refractivity contribution is -0.137. The van der Waals surface area contributed by atoms with Gasteiger partial charge < -0.3 is 19.8 Å². The van der Waals surface area contributed by atoms with Crippen molar-refractivity contribution in [2.24, 2.45) is 5.92 Å². The van der Waals surface area contributed by atoms with Crippen molar-refractivity contribution in [3.05, 3.63) is 103 Å². The maximum atomic E-state index is 14.1. The van der Waals surface area contributed by atoms with Crippen LogP contribution >= 0.6 is 34.7 Å². The van der Waals surface area contributed by atoms with Crippen LogP contribution in [0.1, 0.15) is 39.2 Å². The molecule has 0 spiro atoms. The van der Waals surface area contributed by atoms with E-state index in [0.29, 0.717) is 26.1 Å². The van der Waals surface area contributed by atoms with Gasteiger partial charge in [0.1, 0.15) is 11.0 Å². The van der Waals surface area contributed by atoms with Crippen LogP contribution in [0, 0.1) is 5.92 Å². The molecule has 10 nitrogen and oxygen atoms in total.